The summed E-state index contributed by atoms with van der Waals surface area (Å²) in [5, 5.41) is 8.75. The molecule has 1 N–H and O–H groups in total. The third-order valence-corrected chi connectivity index (χ3v) is 5.01. The number of hydrogen-bond acceptors (Lipinski definition) is 3. The van der Waals surface area contributed by atoms with E-state index in [0.717, 1.165) is 48.9 Å². The Morgan fingerprint density at radius 2 is 2.13 bits per heavy atom. The molecule has 0 spiro atoms. The molecule has 1 aliphatic rings. The van der Waals surface area contributed by atoms with Crippen LogP contribution >= 0.6 is 11.6 Å². The van der Waals surface area contributed by atoms with Crippen LogP contribution in [0.2, 0.25) is 5.15 Å². The number of rotatable bonds is 6. The Labute approximate surface area is 142 Å². The number of aryl methyl sites for hydroxylation is 2. The Hall–Kier alpha value is -1.36. The number of benzene rings is 1. The summed E-state index contributed by atoms with van der Waals surface area (Å²) in [6.07, 6.45) is 2.18. The molecule has 0 unspecified atom stereocenters. The number of halogens is 1. The highest BCUT2D eigenvalue weighted by molar-refractivity contribution is 6.30. The van der Waals surface area contributed by atoms with E-state index in [1.165, 1.54) is 5.56 Å². The number of hydrogen-bond donors (Lipinski definition) is 1. The molecule has 23 heavy (non-hydrogen) atoms. The van der Waals surface area contributed by atoms with Crippen molar-refractivity contribution < 1.29 is 4.74 Å². The van der Waals surface area contributed by atoms with E-state index >= 15 is 0 Å². The highest BCUT2D eigenvalue weighted by atomic mass is 35.5. The third-order valence-electron chi connectivity index (χ3n) is 4.54. The molecule has 2 atom stereocenters. The molecule has 2 aromatic rings. The van der Waals surface area contributed by atoms with Crippen LogP contribution in [0.3, 0.4) is 0 Å². The number of aromatic nitrogens is 2. The van der Waals surface area contributed by atoms with E-state index < -0.39 is 0 Å². The largest absolute Gasteiger partial charge is 0.373 e. The second-order valence-electron chi connectivity index (χ2n) is 6.07. The lowest BCUT2D eigenvalue weighted by atomic mass is 9.95. The zero-order valence-electron chi connectivity index (χ0n) is 13.8. The van der Waals surface area contributed by atoms with Crippen molar-refractivity contribution in [1.82, 2.24) is 15.1 Å². The van der Waals surface area contributed by atoms with Crippen LogP contribution in [0.4, 0.5) is 0 Å². The van der Waals surface area contributed by atoms with Crippen molar-refractivity contribution in [1.29, 1.82) is 0 Å². The highest BCUT2D eigenvalue weighted by Crippen LogP contribution is 2.34. The van der Waals surface area contributed by atoms with Crippen molar-refractivity contribution in [3.8, 4) is 0 Å². The van der Waals surface area contributed by atoms with Gasteiger partial charge in [-0.25, -0.2) is 0 Å². The summed E-state index contributed by atoms with van der Waals surface area (Å²) >= 11 is 6.35. The molecular weight excluding hydrogens is 310 g/mol. The van der Waals surface area contributed by atoms with Gasteiger partial charge in [-0.1, -0.05) is 48.9 Å². The van der Waals surface area contributed by atoms with Gasteiger partial charge in [0.15, 0.2) is 0 Å². The van der Waals surface area contributed by atoms with Gasteiger partial charge in [-0.3, -0.25) is 4.68 Å². The summed E-state index contributed by atoms with van der Waals surface area (Å²) < 4.78 is 7.70. The Kier molecular flexibility index (Phi) is 5.36. The lowest BCUT2D eigenvalue weighted by Crippen LogP contribution is -2.25. The minimum absolute atomic E-state index is 0.193. The molecule has 1 aromatic heterocycles. The highest BCUT2D eigenvalue weighted by Gasteiger charge is 2.29. The molecule has 2 heterocycles. The van der Waals surface area contributed by atoms with Gasteiger partial charge in [0.05, 0.1) is 11.8 Å². The summed E-state index contributed by atoms with van der Waals surface area (Å²) in [5.41, 5.74) is 3.46. The molecular formula is C18H24ClN3O. The molecule has 0 amide bonds. The normalized spacial score (nSPS) is 21.0. The maximum absolute atomic E-state index is 6.35. The van der Waals surface area contributed by atoms with Crippen LogP contribution in [0.5, 0.6) is 0 Å². The van der Waals surface area contributed by atoms with E-state index in [1.54, 1.807) is 4.68 Å². The van der Waals surface area contributed by atoms with E-state index in [0.29, 0.717) is 5.92 Å². The van der Waals surface area contributed by atoms with Gasteiger partial charge in [0.25, 0.3) is 0 Å². The van der Waals surface area contributed by atoms with Gasteiger partial charge in [0.2, 0.25) is 0 Å². The number of nitrogens with one attached hydrogen (secondary N) is 1. The Balaban J connectivity index is 1.60. The fourth-order valence-electron chi connectivity index (χ4n) is 3.30. The number of ether oxygens (including phenoxy) is 1. The van der Waals surface area contributed by atoms with Crippen LogP contribution in [-0.4, -0.2) is 22.9 Å². The van der Waals surface area contributed by atoms with Gasteiger partial charge in [0.1, 0.15) is 5.15 Å². The molecule has 1 fully saturated rings. The molecule has 4 nitrogen and oxygen atoms in total. The van der Waals surface area contributed by atoms with Crippen molar-refractivity contribution in [3.05, 3.63) is 52.3 Å². The summed E-state index contributed by atoms with van der Waals surface area (Å²) in [6.45, 7) is 4.62. The first-order chi connectivity index (χ1) is 11.2. The minimum Gasteiger partial charge on any atom is -0.373 e. The first-order valence-corrected chi connectivity index (χ1v) is 8.66. The van der Waals surface area contributed by atoms with Crippen LogP contribution < -0.4 is 5.32 Å². The lowest BCUT2D eigenvalue weighted by Gasteiger charge is -2.19. The Bertz CT molecular complexity index is 641. The molecule has 0 aliphatic carbocycles. The van der Waals surface area contributed by atoms with Gasteiger partial charge in [-0.05, 0) is 18.4 Å². The molecule has 1 saturated heterocycles. The molecule has 0 bridgehead atoms. The molecule has 124 valence electrons. The van der Waals surface area contributed by atoms with Gasteiger partial charge in [-0.2, -0.15) is 5.10 Å². The Morgan fingerprint density at radius 1 is 1.35 bits per heavy atom. The van der Waals surface area contributed by atoms with Crippen molar-refractivity contribution >= 4 is 11.6 Å². The topological polar surface area (TPSA) is 39.1 Å². The van der Waals surface area contributed by atoms with E-state index in [9.17, 15) is 0 Å². The van der Waals surface area contributed by atoms with E-state index in [4.69, 9.17) is 16.3 Å². The van der Waals surface area contributed by atoms with E-state index in [2.05, 4.69) is 41.6 Å². The van der Waals surface area contributed by atoms with Crippen molar-refractivity contribution in [2.24, 2.45) is 13.0 Å². The summed E-state index contributed by atoms with van der Waals surface area (Å²) in [7, 11) is 1.89. The quantitative estimate of drug-likeness (QED) is 0.879. The maximum atomic E-state index is 6.35. The molecule has 1 aromatic carbocycles. The average molecular weight is 334 g/mol. The van der Waals surface area contributed by atoms with Crippen LogP contribution in [-0.2, 0) is 24.8 Å². The van der Waals surface area contributed by atoms with Gasteiger partial charge >= 0.3 is 0 Å². The van der Waals surface area contributed by atoms with Crippen molar-refractivity contribution in [2.75, 3.05) is 13.2 Å². The summed E-state index contributed by atoms with van der Waals surface area (Å²) in [5.74, 6) is 0.498. The molecule has 0 saturated carbocycles. The predicted molar refractivity (Wildman–Crippen MR) is 92.5 cm³/mol. The zero-order valence-corrected chi connectivity index (χ0v) is 14.5. The van der Waals surface area contributed by atoms with Crippen molar-refractivity contribution in [2.45, 2.75) is 32.4 Å². The van der Waals surface area contributed by atoms with Gasteiger partial charge in [-0.15, -0.1) is 0 Å². The van der Waals surface area contributed by atoms with Crippen LogP contribution in [0.25, 0.3) is 0 Å². The van der Waals surface area contributed by atoms with Crippen molar-refractivity contribution in [3.63, 3.8) is 0 Å². The second kappa shape index (κ2) is 7.47. The first kappa shape index (κ1) is 16.5. The smallest absolute Gasteiger partial charge is 0.131 e. The zero-order chi connectivity index (χ0) is 16.2. The molecule has 3 rings (SSSR count). The monoisotopic (exact) mass is 333 g/mol. The summed E-state index contributed by atoms with van der Waals surface area (Å²) in [6, 6.07) is 10.5. The fraction of sp³-hybridized carbons (Fsp3) is 0.500. The molecule has 5 heteroatoms. The Morgan fingerprint density at radius 3 is 2.87 bits per heavy atom. The van der Waals surface area contributed by atoms with E-state index in [-0.39, 0.29) is 6.10 Å². The number of nitrogens with zero attached hydrogens (tertiary/aromatic N) is 2. The van der Waals surface area contributed by atoms with E-state index in [1.807, 2.05) is 13.1 Å². The lowest BCUT2D eigenvalue weighted by molar-refractivity contribution is 0.0904. The third kappa shape index (κ3) is 3.60. The fourth-order valence-corrected chi connectivity index (χ4v) is 3.51. The summed E-state index contributed by atoms with van der Waals surface area (Å²) in [4.78, 5) is 0. The van der Waals surface area contributed by atoms with Crippen LogP contribution in [0.1, 0.15) is 36.3 Å². The van der Waals surface area contributed by atoms with Crippen LogP contribution in [0, 0.1) is 5.92 Å². The van der Waals surface area contributed by atoms with Crippen LogP contribution in [0.15, 0.2) is 30.3 Å². The SMILES string of the molecule is CCc1nn(C)c(Cl)c1CNC[C@H]1CCO[C@@H]1c1ccccc1. The average Bonchev–Trinajstić information content (AvgIpc) is 3.15. The van der Waals surface area contributed by atoms with Gasteiger partial charge in [0, 0.05) is 38.2 Å². The first-order valence-electron chi connectivity index (χ1n) is 8.28. The second-order valence-corrected chi connectivity index (χ2v) is 6.43. The maximum Gasteiger partial charge on any atom is 0.131 e. The standard InChI is InChI=1S/C18H24ClN3O/c1-3-16-15(18(19)22(2)21-16)12-20-11-14-9-10-23-17(14)13-7-5-4-6-8-13/h4-8,14,17,20H,3,9-12H2,1-2H3/t14-,17-/m1/s1. The predicted octanol–water partition coefficient (Wildman–Crippen LogP) is 3.50. The molecule has 1 aliphatic heterocycles. The van der Waals surface area contributed by atoms with Gasteiger partial charge < -0.3 is 10.1 Å². The molecule has 0 radical (unpaired) electrons. The minimum atomic E-state index is 0.193.